The molecule has 6 nitrogen and oxygen atoms in total. The maximum atomic E-state index is 11.8. The second-order valence-electron chi connectivity index (χ2n) is 5.19. The second kappa shape index (κ2) is 4.75. The van der Waals surface area contributed by atoms with E-state index in [0.717, 1.165) is 25.0 Å². The lowest BCUT2D eigenvalue weighted by Gasteiger charge is -2.11. The standard InChI is InChI=1S/C13H17N3O3S/c1-20(17,18)13-6-9(14)5-12-11(13)7-15-16(12)8-10-3-2-4-19-10/h5-7,10H,2-4,8,14H2,1H3. The van der Waals surface area contributed by atoms with E-state index in [9.17, 15) is 8.42 Å². The van der Waals surface area contributed by atoms with Crippen molar-refractivity contribution in [2.75, 3.05) is 18.6 Å². The number of sulfone groups is 1. The number of nitrogens with zero attached hydrogens (tertiary/aromatic N) is 2. The van der Waals surface area contributed by atoms with Gasteiger partial charge in [-0.05, 0) is 25.0 Å². The number of nitrogen functional groups attached to an aromatic ring is 1. The van der Waals surface area contributed by atoms with Crippen molar-refractivity contribution in [2.45, 2.75) is 30.4 Å². The zero-order chi connectivity index (χ0) is 14.3. The summed E-state index contributed by atoms with van der Waals surface area (Å²) in [4.78, 5) is 0.228. The van der Waals surface area contributed by atoms with Gasteiger partial charge in [0.1, 0.15) is 0 Å². The molecule has 1 aliphatic rings. The summed E-state index contributed by atoms with van der Waals surface area (Å²) in [7, 11) is -3.33. The van der Waals surface area contributed by atoms with E-state index in [-0.39, 0.29) is 11.0 Å². The van der Waals surface area contributed by atoms with Gasteiger partial charge in [0.05, 0.1) is 29.3 Å². The molecule has 0 radical (unpaired) electrons. The van der Waals surface area contributed by atoms with E-state index in [1.807, 2.05) is 0 Å². The molecule has 20 heavy (non-hydrogen) atoms. The fourth-order valence-electron chi connectivity index (χ4n) is 2.60. The van der Waals surface area contributed by atoms with Gasteiger partial charge in [0, 0.05) is 23.9 Å². The fourth-order valence-corrected chi connectivity index (χ4v) is 3.51. The van der Waals surface area contributed by atoms with Gasteiger partial charge in [0.25, 0.3) is 0 Å². The summed E-state index contributed by atoms with van der Waals surface area (Å²) in [6, 6.07) is 3.24. The first-order chi connectivity index (χ1) is 9.45. The highest BCUT2D eigenvalue weighted by Crippen LogP contribution is 2.27. The van der Waals surface area contributed by atoms with Gasteiger partial charge < -0.3 is 10.5 Å². The maximum Gasteiger partial charge on any atom is 0.176 e. The van der Waals surface area contributed by atoms with Crippen molar-refractivity contribution in [3.8, 4) is 0 Å². The predicted octanol–water partition coefficient (Wildman–Crippen LogP) is 1.20. The minimum atomic E-state index is -3.33. The van der Waals surface area contributed by atoms with E-state index >= 15 is 0 Å². The maximum absolute atomic E-state index is 11.8. The van der Waals surface area contributed by atoms with Crippen molar-refractivity contribution in [3.63, 3.8) is 0 Å². The average molecular weight is 295 g/mol. The SMILES string of the molecule is CS(=O)(=O)c1cc(N)cc2c1cnn2CC1CCCO1. The lowest BCUT2D eigenvalue weighted by Crippen LogP contribution is -2.15. The van der Waals surface area contributed by atoms with E-state index in [2.05, 4.69) is 5.10 Å². The third kappa shape index (κ3) is 2.38. The molecule has 2 N–H and O–H groups in total. The normalized spacial score (nSPS) is 19.8. The fraction of sp³-hybridized carbons (Fsp3) is 0.462. The summed E-state index contributed by atoms with van der Waals surface area (Å²) in [5.74, 6) is 0. The number of hydrogen-bond acceptors (Lipinski definition) is 5. The molecule has 1 aromatic heterocycles. The molecule has 1 fully saturated rings. The Morgan fingerprint density at radius 2 is 2.30 bits per heavy atom. The van der Waals surface area contributed by atoms with Crippen LogP contribution in [-0.2, 0) is 21.1 Å². The molecule has 1 aromatic carbocycles. The van der Waals surface area contributed by atoms with Crippen molar-refractivity contribution in [1.82, 2.24) is 9.78 Å². The van der Waals surface area contributed by atoms with Crippen molar-refractivity contribution < 1.29 is 13.2 Å². The molecular formula is C13H17N3O3S. The Morgan fingerprint density at radius 3 is 2.95 bits per heavy atom. The summed E-state index contributed by atoms with van der Waals surface area (Å²) in [5.41, 5.74) is 6.98. The first kappa shape index (κ1) is 13.4. The van der Waals surface area contributed by atoms with Crippen molar-refractivity contribution in [2.24, 2.45) is 0 Å². The number of anilines is 1. The van der Waals surface area contributed by atoms with Crippen LogP contribution in [0.15, 0.2) is 23.2 Å². The molecule has 1 unspecified atom stereocenters. The van der Waals surface area contributed by atoms with Crippen LogP contribution in [0, 0.1) is 0 Å². The van der Waals surface area contributed by atoms with Crippen molar-refractivity contribution >= 4 is 26.4 Å². The largest absolute Gasteiger partial charge is 0.399 e. The number of aromatic nitrogens is 2. The van der Waals surface area contributed by atoms with Crippen LogP contribution >= 0.6 is 0 Å². The molecule has 0 spiro atoms. The first-order valence-electron chi connectivity index (χ1n) is 6.52. The Morgan fingerprint density at radius 1 is 1.50 bits per heavy atom. The summed E-state index contributed by atoms with van der Waals surface area (Å²) in [6.45, 7) is 1.40. The molecule has 2 aromatic rings. The molecule has 7 heteroatoms. The van der Waals surface area contributed by atoms with E-state index in [1.54, 1.807) is 16.9 Å². The molecule has 0 bridgehead atoms. The van der Waals surface area contributed by atoms with Crippen LogP contribution in [0.1, 0.15) is 12.8 Å². The van der Waals surface area contributed by atoms with Gasteiger partial charge in [-0.3, -0.25) is 4.68 Å². The lowest BCUT2D eigenvalue weighted by atomic mass is 10.2. The second-order valence-corrected chi connectivity index (χ2v) is 7.17. The van der Waals surface area contributed by atoms with Crippen LogP contribution in [0.4, 0.5) is 5.69 Å². The molecule has 2 heterocycles. The van der Waals surface area contributed by atoms with Gasteiger partial charge in [-0.15, -0.1) is 0 Å². The third-order valence-electron chi connectivity index (χ3n) is 3.55. The lowest BCUT2D eigenvalue weighted by molar-refractivity contribution is 0.0951. The molecular weight excluding hydrogens is 278 g/mol. The summed E-state index contributed by atoms with van der Waals surface area (Å²) < 4.78 is 31.0. The molecule has 1 aliphatic heterocycles. The van der Waals surface area contributed by atoms with Gasteiger partial charge in [-0.2, -0.15) is 5.10 Å². The quantitative estimate of drug-likeness (QED) is 0.860. The molecule has 0 saturated carbocycles. The monoisotopic (exact) mass is 295 g/mol. The number of nitrogens with two attached hydrogens (primary N) is 1. The smallest absolute Gasteiger partial charge is 0.176 e. The van der Waals surface area contributed by atoms with E-state index in [0.29, 0.717) is 17.6 Å². The van der Waals surface area contributed by atoms with Crippen LogP contribution in [0.3, 0.4) is 0 Å². The summed E-state index contributed by atoms with van der Waals surface area (Å²) >= 11 is 0. The zero-order valence-corrected chi connectivity index (χ0v) is 12.1. The van der Waals surface area contributed by atoms with Crippen molar-refractivity contribution in [3.05, 3.63) is 18.3 Å². The third-order valence-corrected chi connectivity index (χ3v) is 4.68. The molecule has 0 amide bonds. The minimum Gasteiger partial charge on any atom is -0.399 e. The number of benzene rings is 1. The molecule has 0 aliphatic carbocycles. The molecule has 108 valence electrons. The van der Waals surface area contributed by atoms with Gasteiger partial charge in [0.15, 0.2) is 9.84 Å². The van der Waals surface area contributed by atoms with E-state index < -0.39 is 9.84 Å². The van der Waals surface area contributed by atoms with E-state index in [4.69, 9.17) is 10.5 Å². The minimum absolute atomic E-state index is 0.140. The van der Waals surface area contributed by atoms with Gasteiger partial charge in [-0.1, -0.05) is 0 Å². The predicted molar refractivity (Wildman–Crippen MR) is 76.2 cm³/mol. The topological polar surface area (TPSA) is 87.2 Å². The first-order valence-corrected chi connectivity index (χ1v) is 8.41. The number of fused-ring (bicyclic) bond motifs is 1. The summed E-state index contributed by atoms with van der Waals surface area (Å²) in [6.07, 6.45) is 4.96. The highest BCUT2D eigenvalue weighted by Gasteiger charge is 2.20. The highest BCUT2D eigenvalue weighted by atomic mass is 32.2. The average Bonchev–Trinajstić information content (AvgIpc) is 2.98. The molecule has 3 rings (SSSR count). The van der Waals surface area contributed by atoms with Gasteiger partial charge in [0.2, 0.25) is 0 Å². The summed E-state index contributed by atoms with van der Waals surface area (Å²) in [5, 5.41) is 4.90. The Hall–Kier alpha value is -1.60. The van der Waals surface area contributed by atoms with Crippen LogP contribution < -0.4 is 5.73 Å². The van der Waals surface area contributed by atoms with Crippen LogP contribution in [-0.4, -0.2) is 37.2 Å². The Bertz CT molecular complexity index is 746. The van der Waals surface area contributed by atoms with Gasteiger partial charge >= 0.3 is 0 Å². The molecule has 1 saturated heterocycles. The van der Waals surface area contributed by atoms with Gasteiger partial charge in [-0.25, -0.2) is 8.42 Å². The molecule has 1 atom stereocenters. The number of hydrogen-bond donors (Lipinski definition) is 1. The van der Waals surface area contributed by atoms with Crippen molar-refractivity contribution in [1.29, 1.82) is 0 Å². The Balaban J connectivity index is 2.10. The van der Waals surface area contributed by atoms with Crippen LogP contribution in [0.5, 0.6) is 0 Å². The van der Waals surface area contributed by atoms with Crippen LogP contribution in [0.2, 0.25) is 0 Å². The Labute approximate surface area is 117 Å². The van der Waals surface area contributed by atoms with Crippen LogP contribution in [0.25, 0.3) is 10.9 Å². The van der Waals surface area contributed by atoms with E-state index in [1.165, 1.54) is 12.3 Å². The number of ether oxygens (including phenoxy) is 1. The number of rotatable bonds is 3. The Kier molecular flexibility index (Phi) is 3.18. The zero-order valence-electron chi connectivity index (χ0n) is 11.2. The highest BCUT2D eigenvalue weighted by molar-refractivity contribution is 7.91.